The van der Waals surface area contributed by atoms with E-state index in [9.17, 15) is 14.7 Å². The summed E-state index contributed by atoms with van der Waals surface area (Å²) < 4.78 is 6.82. The molecule has 0 radical (unpaired) electrons. The number of methoxy groups -OCH3 is 1. The Morgan fingerprint density at radius 1 is 1.05 bits per heavy atom. The maximum absolute atomic E-state index is 12.9. The van der Waals surface area contributed by atoms with Crippen LogP contribution >= 0.6 is 0 Å². The Morgan fingerprint density at radius 3 is 2.43 bits per heavy atom. The van der Waals surface area contributed by atoms with Crippen LogP contribution in [-0.4, -0.2) is 50.8 Å². The van der Waals surface area contributed by atoms with Crippen molar-refractivity contribution in [3.05, 3.63) is 87.5 Å². The van der Waals surface area contributed by atoms with E-state index in [-0.39, 0.29) is 23.3 Å². The van der Waals surface area contributed by atoms with Gasteiger partial charge in [-0.3, -0.25) is 9.78 Å². The first-order chi connectivity index (χ1) is 17.8. The molecule has 0 aliphatic carbocycles. The fraction of sp³-hybridized carbons (Fsp3) is 0.286. The minimum absolute atomic E-state index is 0.0128. The van der Waals surface area contributed by atoms with Crippen molar-refractivity contribution in [1.82, 2.24) is 19.7 Å². The molecule has 0 bridgehead atoms. The predicted octanol–water partition coefficient (Wildman–Crippen LogP) is 4.04. The summed E-state index contributed by atoms with van der Waals surface area (Å²) in [5.41, 5.74) is 2.93. The number of phenolic OH excluding ortho intramolecular Hbond substituents is 1. The number of benzene rings is 2. The molecule has 0 unspecified atom stereocenters. The van der Waals surface area contributed by atoms with E-state index in [1.165, 1.54) is 0 Å². The molecule has 4 aromatic rings. The fourth-order valence-corrected chi connectivity index (χ4v) is 4.79. The van der Waals surface area contributed by atoms with Gasteiger partial charge in [-0.05, 0) is 74.2 Å². The van der Waals surface area contributed by atoms with Crippen LogP contribution in [0.15, 0.2) is 59.5 Å². The van der Waals surface area contributed by atoms with Gasteiger partial charge in [0.2, 0.25) is 0 Å². The third-order valence-corrected chi connectivity index (χ3v) is 6.88. The molecule has 3 heterocycles. The summed E-state index contributed by atoms with van der Waals surface area (Å²) in [5.74, 6) is 2.09. The number of nitrogens with zero attached hydrogens (tertiary/aromatic N) is 4. The lowest BCUT2D eigenvalue weighted by molar-refractivity contribution is 0.103. The molecule has 190 valence electrons. The molecule has 1 fully saturated rings. The van der Waals surface area contributed by atoms with E-state index in [0.717, 1.165) is 37.3 Å². The third-order valence-electron chi connectivity index (χ3n) is 6.88. The highest BCUT2D eigenvalue weighted by atomic mass is 16.5. The molecule has 9 heteroatoms. The van der Waals surface area contributed by atoms with E-state index in [1.807, 2.05) is 30.3 Å². The van der Waals surface area contributed by atoms with Crippen LogP contribution in [0.5, 0.6) is 11.5 Å². The number of hydrogen-bond donors (Lipinski definition) is 2. The maximum atomic E-state index is 12.9. The lowest BCUT2D eigenvalue weighted by Crippen LogP contribution is -2.37. The largest absolute Gasteiger partial charge is 0.507 e. The Kier molecular flexibility index (Phi) is 6.52. The number of H-pyrrole nitrogens is 1. The quantitative estimate of drug-likeness (QED) is 0.385. The molecule has 2 aromatic carbocycles. The van der Waals surface area contributed by atoms with Crippen molar-refractivity contribution < 1.29 is 14.6 Å². The molecular formula is C28H29N5O4. The molecule has 37 heavy (non-hydrogen) atoms. The number of aromatic hydroxyl groups is 1. The second-order valence-corrected chi connectivity index (χ2v) is 9.37. The highest BCUT2D eigenvalue weighted by molar-refractivity contribution is 6.09. The first-order valence-corrected chi connectivity index (χ1v) is 12.2. The van der Waals surface area contributed by atoms with Crippen molar-refractivity contribution in [2.75, 3.05) is 25.1 Å². The molecule has 0 atom stereocenters. The van der Waals surface area contributed by atoms with Gasteiger partial charge in [-0.15, -0.1) is 5.10 Å². The number of hydrogen-bond acceptors (Lipinski definition) is 7. The van der Waals surface area contributed by atoms with Crippen molar-refractivity contribution in [3.8, 4) is 22.9 Å². The summed E-state index contributed by atoms with van der Waals surface area (Å²) in [4.78, 5) is 35.1. The van der Waals surface area contributed by atoms with E-state index in [0.29, 0.717) is 33.8 Å². The monoisotopic (exact) mass is 499 g/mol. The van der Waals surface area contributed by atoms with E-state index >= 15 is 0 Å². The van der Waals surface area contributed by atoms with Crippen molar-refractivity contribution >= 4 is 11.6 Å². The Morgan fingerprint density at radius 2 is 1.78 bits per heavy atom. The van der Waals surface area contributed by atoms with Gasteiger partial charge in [-0.25, -0.2) is 14.5 Å². The number of carbonyl (C=O) groups excluding carboxylic acids is 1. The zero-order valence-corrected chi connectivity index (χ0v) is 21.1. The van der Waals surface area contributed by atoms with Crippen molar-refractivity contribution in [2.45, 2.75) is 32.7 Å². The second-order valence-electron chi connectivity index (χ2n) is 9.37. The Balaban J connectivity index is 1.25. The molecule has 1 aliphatic rings. The van der Waals surface area contributed by atoms with Crippen LogP contribution in [0, 0.1) is 13.8 Å². The number of nitrogens with one attached hydrogen (secondary N) is 1. The standard InChI is InChI=1S/C28H29N5O4/c1-17-13-21(14-18(2)25(17)34)26(35)20-7-8-24(29-16-20)32-11-9-22(10-12-32)33-28(36)30-27(31-33)19-5-4-6-23(15-19)37-3/h4-8,13-16,22,34H,9-12H2,1-3H3,(H,30,31,36). The molecule has 1 aliphatic heterocycles. The van der Waals surface area contributed by atoms with Crippen LogP contribution in [0.3, 0.4) is 0 Å². The number of pyridine rings is 1. The molecule has 5 rings (SSSR count). The van der Waals surface area contributed by atoms with Crippen molar-refractivity contribution in [2.24, 2.45) is 0 Å². The van der Waals surface area contributed by atoms with Gasteiger partial charge in [0.15, 0.2) is 11.6 Å². The van der Waals surface area contributed by atoms with Gasteiger partial charge in [-0.2, -0.15) is 0 Å². The van der Waals surface area contributed by atoms with Crippen LogP contribution in [0.4, 0.5) is 5.82 Å². The normalized spacial score (nSPS) is 14.1. The Labute approximate surface area is 214 Å². The van der Waals surface area contributed by atoms with Crippen LogP contribution in [0.2, 0.25) is 0 Å². The number of ketones is 1. The average Bonchev–Trinajstić information content (AvgIpc) is 3.32. The first kappa shape index (κ1) is 24.3. The van der Waals surface area contributed by atoms with Gasteiger partial charge in [0.25, 0.3) is 0 Å². The molecule has 9 nitrogen and oxygen atoms in total. The number of piperidine rings is 1. The van der Waals surface area contributed by atoms with Crippen molar-refractivity contribution in [3.63, 3.8) is 0 Å². The van der Waals surface area contributed by atoms with Gasteiger partial charge < -0.3 is 14.7 Å². The highest BCUT2D eigenvalue weighted by Crippen LogP contribution is 2.27. The van der Waals surface area contributed by atoms with E-state index in [4.69, 9.17) is 4.74 Å². The van der Waals surface area contributed by atoms with Crippen LogP contribution < -0.4 is 15.3 Å². The topological polar surface area (TPSA) is 113 Å². The van der Waals surface area contributed by atoms with E-state index in [1.54, 1.807) is 50.0 Å². The third kappa shape index (κ3) is 4.84. The summed E-state index contributed by atoms with van der Waals surface area (Å²) >= 11 is 0. The predicted molar refractivity (Wildman–Crippen MR) is 141 cm³/mol. The Bertz CT molecular complexity index is 1470. The summed E-state index contributed by atoms with van der Waals surface area (Å²) in [7, 11) is 1.60. The number of carbonyl (C=O) groups is 1. The zero-order valence-electron chi connectivity index (χ0n) is 21.1. The van der Waals surface area contributed by atoms with Gasteiger partial charge >= 0.3 is 5.69 Å². The number of aryl methyl sites for hydroxylation is 2. The summed E-state index contributed by atoms with van der Waals surface area (Å²) in [6, 6.07) is 14.5. The fourth-order valence-electron chi connectivity index (χ4n) is 4.79. The van der Waals surface area contributed by atoms with Gasteiger partial charge in [0.1, 0.15) is 17.3 Å². The van der Waals surface area contributed by atoms with Gasteiger partial charge in [-0.1, -0.05) is 12.1 Å². The first-order valence-electron chi connectivity index (χ1n) is 12.2. The number of ether oxygens (including phenoxy) is 1. The maximum Gasteiger partial charge on any atom is 0.343 e. The lowest BCUT2D eigenvalue weighted by Gasteiger charge is -2.32. The molecule has 1 saturated heterocycles. The molecular weight excluding hydrogens is 470 g/mol. The van der Waals surface area contributed by atoms with Gasteiger partial charge in [0.05, 0.1) is 13.2 Å². The summed E-state index contributed by atoms with van der Waals surface area (Å²) in [6.07, 6.45) is 3.09. The van der Waals surface area contributed by atoms with E-state index in [2.05, 4.69) is 20.0 Å². The number of aromatic nitrogens is 4. The zero-order chi connectivity index (χ0) is 26.1. The number of aromatic amines is 1. The van der Waals surface area contributed by atoms with Crippen LogP contribution in [0.1, 0.15) is 45.9 Å². The molecule has 2 aromatic heterocycles. The molecule has 0 spiro atoms. The molecule has 2 N–H and O–H groups in total. The highest BCUT2D eigenvalue weighted by Gasteiger charge is 2.25. The van der Waals surface area contributed by atoms with Crippen molar-refractivity contribution in [1.29, 1.82) is 0 Å². The van der Waals surface area contributed by atoms with E-state index < -0.39 is 0 Å². The minimum atomic E-state index is -0.225. The molecule has 0 saturated carbocycles. The SMILES string of the molecule is COc1cccc(-c2nn(C3CCN(c4ccc(C(=O)c5cc(C)c(O)c(C)c5)cn4)CC3)c(=O)[nH]2)c1. The Hall–Kier alpha value is -4.40. The summed E-state index contributed by atoms with van der Waals surface area (Å²) in [6.45, 7) is 4.99. The number of anilines is 1. The summed E-state index contributed by atoms with van der Waals surface area (Å²) in [5, 5.41) is 14.5. The number of rotatable bonds is 6. The van der Waals surface area contributed by atoms with Crippen LogP contribution in [0.25, 0.3) is 11.4 Å². The second kappa shape index (κ2) is 9.93. The van der Waals surface area contributed by atoms with Gasteiger partial charge in [0, 0.05) is 36.0 Å². The number of phenols is 1. The minimum Gasteiger partial charge on any atom is -0.507 e. The molecule has 0 amide bonds. The van der Waals surface area contributed by atoms with Crippen LogP contribution in [-0.2, 0) is 0 Å². The smallest absolute Gasteiger partial charge is 0.343 e. The average molecular weight is 500 g/mol. The lowest BCUT2D eigenvalue weighted by atomic mass is 9.99.